The molecule has 0 saturated carbocycles. The molecular formula is C19H14BrNO3. The molecule has 0 aliphatic rings. The van der Waals surface area contributed by atoms with Crippen molar-refractivity contribution in [2.75, 3.05) is 7.11 Å². The maximum atomic E-state index is 11.6. The lowest BCUT2D eigenvalue weighted by atomic mass is 10.1. The van der Waals surface area contributed by atoms with Crippen LogP contribution < -0.4 is 4.74 Å². The predicted molar refractivity (Wildman–Crippen MR) is 98.3 cm³/mol. The van der Waals surface area contributed by atoms with Crippen LogP contribution in [0.15, 0.2) is 53.0 Å². The Hall–Kier alpha value is -2.66. The molecule has 24 heavy (non-hydrogen) atoms. The molecule has 0 spiro atoms. The number of pyridine rings is 1. The second-order valence-electron chi connectivity index (χ2n) is 5.17. The SMILES string of the molecule is COc1cccc(/C=C/c2cc(C(=O)O)c3cc(Br)ccc3n2)c1. The fourth-order valence-corrected chi connectivity index (χ4v) is 2.77. The van der Waals surface area contributed by atoms with Gasteiger partial charge in [0.2, 0.25) is 0 Å². The van der Waals surface area contributed by atoms with Crippen LogP contribution in [0.5, 0.6) is 5.75 Å². The van der Waals surface area contributed by atoms with Crippen LogP contribution in [0.1, 0.15) is 21.6 Å². The average molecular weight is 384 g/mol. The van der Waals surface area contributed by atoms with Gasteiger partial charge in [-0.25, -0.2) is 9.78 Å². The summed E-state index contributed by atoms with van der Waals surface area (Å²) < 4.78 is 6.01. The van der Waals surface area contributed by atoms with E-state index in [-0.39, 0.29) is 5.56 Å². The molecule has 0 aliphatic carbocycles. The average Bonchev–Trinajstić information content (AvgIpc) is 2.59. The molecular weight excluding hydrogens is 370 g/mol. The number of aromatic carboxylic acids is 1. The smallest absolute Gasteiger partial charge is 0.336 e. The van der Waals surface area contributed by atoms with E-state index in [2.05, 4.69) is 20.9 Å². The van der Waals surface area contributed by atoms with E-state index in [9.17, 15) is 9.90 Å². The third-order valence-electron chi connectivity index (χ3n) is 3.56. The first kappa shape index (κ1) is 16.2. The van der Waals surface area contributed by atoms with Gasteiger partial charge in [-0.05, 0) is 48.0 Å². The molecule has 4 nitrogen and oxygen atoms in total. The minimum absolute atomic E-state index is 0.228. The lowest BCUT2D eigenvalue weighted by molar-refractivity contribution is 0.0699. The lowest BCUT2D eigenvalue weighted by Crippen LogP contribution is -2.00. The van der Waals surface area contributed by atoms with E-state index in [0.717, 1.165) is 15.8 Å². The summed E-state index contributed by atoms with van der Waals surface area (Å²) in [6, 6.07) is 14.6. The number of aromatic nitrogens is 1. The van der Waals surface area contributed by atoms with Crippen LogP contribution in [-0.2, 0) is 0 Å². The Morgan fingerprint density at radius 2 is 2.00 bits per heavy atom. The molecule has 1 heterocycles. The van der Waals surface area contributed by atoms with Crippen LogP contribution in [0.3, 0.4) is 0 Å². The molecule has 0 aliphatic heterocycles. The summed E-state index contributed by atoms with van der Waals surface area (Å²) in [6.45, 7) is 0. The minimum Gasteiger partial charge on any atom is -0.497 e. The van der Waals surface area contributed by atoms with Gasteiger partial charge < -0.3 is 9.84 Å². The van der Waals surface area contributed by atoms with E-state index in [1.165, 1.54) is 0 Å². The molecule has 2 aromatic carbocycles. The molecule has 0 unspecified atom stereocenters. The number of benzene rings is 2. The number of methoxy groups -OCH3 is 1. The molecule has 120 valence electrons. The van der Waals surface area contributed by atoms with Gasteiger partial charge in [-0.3, -0.25) is 0 Å². The third kappa shape index (κ3) is 3.46. The van der Waals surface area contributed by atoms with Gasteiger partial charge in [-0.2, -0.15) is 0 Å². The van der Waals surface area contributed by atoms with Gasteiger partial charge in [0.25, 0.3) is 0 Å². The molecule has 0 radical (unpaired) electrons. The van der Waals surface area contributed by atoms with Crippen LogP contribution >= 0.6 is 15.9 Å². The van der Waals surface area contributed by atoms with Crippen LogP contribution in [-0.4, -0.2) is 23.2 Å². The van der Waals surface area contributed by atoms with Gasteiger partial charge in [-0.1, -0.05) is 34.1 Å². The summed E-state index contributed by atoms with van der Waals surface area (Å²) in [7, 11) is 1.62. The van der Waals surface area contributed by atoms with Crippen LogP contribution in [0.2, 0.25) is 0 Å². The summed E-state index contributed by atoms with van der Waals surface area (Å²) >= 11 is 3.36. The number of halogens is 1. The zero-order valence-electron chi connectivity index (χ0n) is 12.9. The van der Waals surface area contributed by atoms with Crippen molar-refractivity contribution in [3.8, 4) is 5.75 Å². The molecule has 3 rings (SSSR count). The molecule has 0 fully saturated rings. The van der Waals surface area contributed by atoms with Crippen molar-refractivity contribution in [2.45, 2.75) is 0 Å². The number of ether oxygens (including phenoxy) is 1. The Labute approximate surface area is 147 Å². The molecule has 0 amide bonds. The Balaban J connectivity index is 2.04. The van der Waals surface area contributed by atoms with Gasteiger partial charge in [-0.15, -0.1) is 0 Å². The van der Waals surface area contributed by atoms with E-state index >= 15 is 0 Å². The number of carbonyl (C=O) groups is 1. The number of hydrogen-bond donors (Lipinski definition) is 1. The maximum Gasteiger partial charge on any atom is 0.336 e. The van der Waals surface area contributed by atoms with Crippen LogP contribution in [0.4, 0.5) is 0 Å². The highest BCUT2D eigenvalue weighted by Gasteiger charge is 2.11. The number of fused-ring (bicyclic) bond motifs is 1. The summed E-state index contributed by atoms with van der Waals surface area (Å²) in [5, 5.41) is 10.1. The molecule has 0 atom stereocenters. The summed E-state index contributed by atoms with van der Waals surface area (Å²) in [5.74, 6) is -0.212. The highest BCUT2D eigenvalue weighted by atomic mass is 79.9. The predicted octanol–water partition coefficient (Wildman–Crippen LogP) is 4.87. The van der Waals surface area contributed by atoms with E-state index in [1.807, 2.05) is 36.4 Å². The van der Waals surface area contributed by atoms with Crippen molar-refractivity contribution in [3.63, 3.8) is 0 Å². The number of hydrogen-bond acceptors (Lipinski definition) is 3. The second-order valence-corrected chi connectivity index (χ2v) is 6.09. The van der Waals surface area contributed by atoms with Crippen LogP contribution in [0, 0.1) is 0 Å². The van der Waals surface area contributed by atoms with Gasteiger partial charge in [0.05, 0.1) is 23.9 Å². The summed E-state index contributed by atoms with van der Waals surface area (Å²) in [5.41, 5.74) is 2.41. The lowest BCUT2D eigenvalue weighted by Gasteiger charge is -2.05. The zero-order valence-corrected chi connectivity index (χ0v) is 14.4. The molecule has 5 heteroatoms. The number of carboxylic acid groups (broad SMARTS) is 1. The normalized spacial score (nSPS) is 11.1. The van der Waals surface area contributed by atoms with Crippen molar-refractivity contribution < 1.29 is 14.6 Å². The number of carboxylic acids is 1. The highest BCUT2D eigenvalue weighted by Crippen LogP contribution is 2.24. The maximum absolute atomic E-state index is 11.6. The number of nitrogens with zero attached hydrogens (tertiary/aromatic N) is 1. The standard InChI is InChI=1S/C19H14BrNO3/c1-24-15-4-2-3-12(9-15)5-7-14-11-17(19(22)23)16-10-13(20)6-8-18(16)21-14/h2-11H,1H3,(H,22,23)/b7-5+. The third-order valence-corrected chi connectivity index (χ3v) is 4.05. The molecule has 0 bridgehead atoms. The largest absolute Gasteiger partial charge is 0.497 e. The monoisotopic (exact) mass is 383 g/mol. The Morgan fingerprint density at radius 3 is 2.75 bits per heavy atom. The summed E-state index contributed by atoms with van der Waals surface area (Å²) in [4.78, 5) is 16.1. The van der Waals surface area contributed by atoms with E-state index in [1.54, 1.807) is 31.4 Å². The van der Waals surface area contributed by atoms with Crippen molar-refractivity contribution in [3.05, 3.63) is 69.8 Å². The topological polar surface area (TPSA) is 59.4 Å². The summed E-state index contributed by atoms with van der Waals surface area (Å²) in [6.07, 6.45) is 3.67. The van der Waals surface area contributed by atoms with Crippen LogP contribution in [0.25, 0.3) is 23.1 Å². The zero-order chi connectivity index (χ0) is 17.1. The molecule has 0 saturated heterocycles. The first-order valence-electron chi connectivity index (χ1n) is 7.22. The van der Waals surface area contributed by atoms with E-state index < -0.39 is 5.97 Å². The highest BCUT2D eigenvalue weighted by molar-refractivity contribution is 9.10. The first-order chi connectivity index (χ1) is 11.6. The van der Waals surface area contributed by atoms with Gasteiger partial charge in [0, 0.05) is 9.86 Å². The molecule has 1 N–H and O–H groups in total. The Bertz CT molecular complexity index is 950. The van der Waals surface area contributed by atoms with Crippen molar-refractivity contribution in [2.24, 2.45) is 0 Å². The van der Waals surface area contributed by atoms with E-state index in [0.29, 0.717) is 16.6 Å². The fraction of sp³-hybridized carbons (Fsp3) is 0.0526. The van der Waals surface area contributed by atoms with Crippen molar-refractivity contribution in [1.29, 1.82) is 0 Å². The quantitative estimate of drug-likeness (QED) is 0.697. The second kappa shape index (κ2) is 6.84. The van der Waals surface area contributed by atoms with Gasteiger partial charge in [0.1, 0.15) is 5.75 Å². The molecule has 1 aromatic heterocycles. The van der Waals surface area contributed by atoms with Gasteiger partial charge >= 0.3 is 5.97 Å². The van der Waals surface area contributed by atoms with Crippen molar-refractivity contribution >= 4 is 45.0 Å². The molecule has 3 aromatic rings. The van der Waals surface area contributed by atoms with E-state index in [4.69, 9.17) is 4.74 Å². The minimum atomic E-state index is -0.975. The Morgan fingerprint density at radius 1 is 1.17 bits per heavy atom. The fourth-order valence-electron chi connectivity index (χ4n) is 2.41. The van der Waals surface area contributed by atoms with Gasteiger partial charge in [0.15, 0.2) is 0 Å². The first-order valence-corrected chi connectivity index (χ1v) is 8.02. The van der Waals surface area contributed by atoms with Crippen molar-refractivity contribution in [1.82, 2.24) is 4.98 Å². The Kier molecular flexibility index (Phi) is 4.62. The number of rotatable bonds is 4.